The molecule has 62 heavy (non-hydrogen) atoms. The first-order valence-corrected chi connectivity index (χ1v) is 19.7. The van der Waals surface area contributed by atoms with Crippen LogP contribution in [0.1, 0.15) is 0 Å². The minimum Gasteiger partial charge on any atom is -0.457 e. The molecule has 296 valence electrons. The Morgan fingerprint density at radius 1 is 0.355 bits per heavy atom. The molecule has 9 nitrogen and oxygen atoms in total. The molecular weight excluding hydrogens is 788 g/mol. The Bertz CT molecular complexity index is 3510. The number of hydrogen-bond donors (Lipinski definition) is 0. The molecule has 12 heteroatoms. The third kappa shape index (κ3) is 5.57. The largest absolute Gasteiger partial charge is 0.457 e. The van der Waals surface area contributed by atoms with Crippen LogP contribution in [0, 0.1) is 17.7 Å². The number of pyridine rings is 2. The number of hydrogen-bond acceptors (Lipinski definition) is 6. The van der Waals surface area contributed by atoms with Crippen LogP contribution in [-0.4, -0.2) is 33.6 Å². The van der Waals surface area contributed by atoms with Crippen LogP contribution in [-0.2, 0) is 0 Å². The maximum absolute atomic E-state index is 14.8. The zero-order valence-corrected chi connectivity index (χ0v) is 32.2. The third-order valence-corrected chi connectivity index (χ3v) is 11.2. The molecule has 0 aliphatic carbocycles. The summed E-state index contributed by atoms with van der Waals surface area (Å²) in [5, 5.41) is 5.61. The topological polar surface area (TPSA) is 84.8 Å². The lowest BCUT2D eigenvalue weighted by molar-refractivity contribution is 0.404. The molecule has 0 fully saturated rings. The van der Waals surface area contributed by atoms with Gasteiger partial charge < -0.3 is 9.47 Å². The highest BCUT2D eigenvalue weighted by atomic mass is 19.2. The highest BCUT2D eigenvalue weighted by Crippen LogP contribution is 2.40. The van der Waals surface area contributed by atoms with Gasteiger partial charge in [0.2, 0.25) is 11.8 Å². The van der Waals surface area contributed by atoms with Crippen molar-refractivity contribution in [3.63, 3.8) is 0 Å². The molecule has 0 atom stereocenters. The van der Waals surface area contributed by atoms with E-state index in [9.17, 15) is 13.2 Å². The fourth-order valence-electron chi connectivity index (χ4n) is 8.57. The van der Waals surface area contributed by atoms with Crippen molar-refractivity contribution in [2.75, 3.05) is 0 Å². The van der Waals surface area contributed by atoms with Gasteiger partial charge in [-0.2, -0.15) is 23.1 Å². The summed E-state index contributed by atoms with van der Waals surface area (Å²) in [6.07, 6.45) is 3.51. The van der Waals surface area contributed by atoms with E-state index in [2.05, 4.69) is 53.3 Å². The van der Waals surface area contributed by atoms with Crippen LogP contribution in [0.5, 0.6) is 23.0 Å². The van der Waals surface area contributed by atoms with Crippen LogP contribution < -0.4 is 9.47 Å². The lowest BCUT2D eigenvalue weighted by Gasteiger charge is -2.11. The fraction of sp³-hybridized carbons (Fsp3) is 0. The smallest absolute Gasteiger partial charge is 0.257 e. The van der Waals surface area contributed by atoms with Crippen molar-refractivity contribution in [2.24, 2.45) is 0 Å². The quantitative estimate of drug-likeness (QED) is 0.149. The number of para-hydroxylation sites is 2. The predicted octanol–water partition coefficient (Wildman–Crippen LogP) is 12.6. The first-order chi connectivity index (χ1) is 30.5. The Labute approximate surface area is 349 Å². The van der Waals surface area contributed by atoms with E-state index in [-0.39, 0.29) is 0 Å². The van der Waals surface area contributed by atoms with Gasteiger partial charge in [0.05, 0.1) is 33.1 Å². The van der Waals surface area contributed by atoms with E-state index < -0.39 is 23.7 Å². The molecule has 6 heterocycles. The van der Waals surface area contributed by atoms with Gasteiger partial charge >= 0.3 is 0 Å². The van der Waals surface area contributed by atoms with Gasteiger partial charge in [0.15, 0.2) is 0 Å². The molecule has 12 rings (SSSR count). The van der Waals surface area contributed by atoms with Gasteiger partial charge in [-0.25, -0.2) is 9.97 Å². The molecule has 0 unspecified atom stereocenters. The van der Waals surface area contributed by atoms with Gasteiger partial charge in [-0.05, 0) is 84.9 Å². The van der Waals surface area contributed by atoms with Crippen molar-refractivity contribution >= 4 is 65.4 Å². The number of aromatic nitrogens is 7. The number of rotatable bonds is 7. The molecular formula is C50H28F3N7O2. The molecule has 12 aromatic rings. The number of benzene rings is 6. The van der Waals surface area contributed by atoms with E-state index in [1.54, 1.807) is 24.5 Å². The molecule has 0 saturated heterocycles. The Morgan fingerprint density at radius 2 is 0.710 bits per heavy atom. The summed E-state index contributed by atoms with van der Waals surface area (Å²) in [6, 6.07) is 50.3. The Balaban J connectivity index is 0.979. The zero-order valence-electron chi connectivity index (χ0n) is 32.2. The van der Waals surface area contributed by atoms with E-state index in [0.717, 1.165) is 55.2 Å². The fourth-order valence-corrected chi connectivity index (χ4v) is 8.57. The van der Waals surface area contributed by atoms with Crippen molar-refractivity contribution < 1.29 is 22.6 Å². The van der Waals surface area contributed by atoms with Crippen molar-refractivity contribution in [1.29, 1.82) is 0 Å². The van der Waals surface area contributed by atoms with E-state index in [1.807, 2.05) is 121 Å². The Hall–Kier alpha value is -8.51. The predicted molar refractivity (Wildman–Crippen MR) is 234 cm³/mol. The highest BCUT2D eigenvalue weighted by Gasteiger charge is 2.22. The Morgan fingerprint density at radius 3 is 1.10 bits per heavy atom. The third-order valence-electron chi connectivity index (χ3n) is 11.2. The molecule has 0 saturated carbocycles. The average Bonchev–Trinajstić information content (AvgIpc) is 3.93. The minimum atomic E-state index is -1.76. The van der Waals surface area contributed by atoms with Crippen molar-refractivity contribution in [2.45, 2.75) is 0 Å². The Kier molecular flexibility index (Phi) is 7.88. The average molecular weight is 816 g/mol. The van der Waals surface area contributed by atoms with Gasteiger partial charge in [-0.1, -0.05) is 48.5 Å². The molecule has 0 bridgehead atoms. The van der Waals surface area contributed by atoms with Gasteiger partial charge in [0.25, 0.3) is 11.9 Å². The molecule has 6 aromatic carbocycles. The zero-order chi connectivity index (χ0) is 41.5. The maximum atomic E-state index is 14.8. The number of nitrogens with zero attached hydrogens (tertiary/aromatic N) is 7. The summed E-state index contributed by atoms with van der Waals surface area (Å²) < 4.78 is 62.6. The second-order valence-electron chi connectivity index (χ2n) is 14.8. The number of fused-ring (bicyclic) bond motifs is 9. The monoisotopic (exact) mass is 815 g/mol. The standard InChI is InChI=1S/C50H28F3N7O2/c51-47-48(52)56-50(57-49(47)53)60-43-27-31(61-29-15-19-35-33-9-1-3-11-39(33)58(41(35)25-29)45-13-5-7-23-54-45)17-21-37(43)38-22-18-32(28-44(38)60)62-30-16-20-36-34-10-2-4-12-40(34)59(42(36)26-30)46-14-6-8-24-55-46/h1-28H. The maximum Gasteiger partial charge on any atom is 0.257 e. The van der Waals surface area contributed by atoms with Crippen molar-refractivity contribution in [3.05, 3.63) is 188 Å². The normalized spacial score (nSPS) is 11.8. The lowest BCUT2D eigenvalue weighted by Crippen LogP contribution is -2.08. The molecule has 0 aliphatic rings. The highest BCUT2D eigenvalue weighted by molar-refractivity contribution is 6.11. The van der Waals surface area contributed by atoms with Gasteiger partial charge in [0, 0.05) is 69.0 Å². The van der Waals surface area contributed by atoms with Crippen molar-refractivity contribution in [1.82, 2.24) is 33.6 Å². The lowest BCUT2D eigenvalue weighted by atomic mass is 10.1. The van der Waals surface area contributed by atoms with Crippen LogP contribution in [0.3, 0.4) is 0 Å². The van der Waals surface area contributed by atoms with Crippen LogP contribution in [0.4, 0.5) is 13.2 Å². The molecule has 0 radical (unpaired) electrons. The van der Waals surface area contributed by atoms with Crippen LogP contribution in [0.25, 0.3) is 83.0 Å². The summed E-state index contributed by atoms with van der Waals surface area (Å²) in [7, 11) is 0. The van der Waals surface area contributed by atoms with Crippen LogP contribution in [0.2, 0.25) is 0 Å². The second kappa shape index (κ2) is 13.8. The number of ether oxygens (including phenoxy) is 2. The summed E-state index contributed by atoms with van der Waals surface area (Å²) in [4.78, 5) is 16.8. The molecule has 0 aliphatic heterocycles. The molecule has 0 N–H and O–H groups in total. The van der Waals surface area contributed by atoms with E-state index >= 15 is 0 Å². The SMILES string of the molecule is Fc1nc(-n2c3cc(Oc4ccc5c6ccccc6n(-c6ccccn6)c5c4)ccc3c3ccc(Oc4ccc5c6ccccc6n(-c6ccccn6)c5c4)cc32)nc(F)c1F. The summed E-state index contributed by atoms with van der Waals surface area (Å²) in [5.41, 5.74) is 4.72. The molecule has 0 spiro atoms. The van der Waals surface area contributed by atoms with Crippen LogP contribution >= 0.6 is 0 Å². The number of halogens is 3. The van der Waals surface area contributed by atoms with E-state index in [1.165, 1.54) is 4.57 Å². The summed E-state index contributed by atoms with van der Waals surface area (Å²) in [6.45, 7) is 0. The van der Waals surface area contributed by atoms with E-state index in [4.69, 9.17) is 9.47 Å². The first-order valence-electron chi connectivity index (χ1n) is 19.7. The van der Waals surface area contributed by atoms with Gasteiger partial charge in [-0.3, -0.25) is 13.7 Å². The van der Waals surface area contributed by atoms with Gasteiger partial charge in [-0.15, -0.1) is 0 Å². The van der Waals surface area contributed by atoms with Gasteiger partial charge in [0.1, 0.15) is 34.6 Å². The molecule has 6 aromatic heterocycles. The van der Waals surface area contributed by atoms with Crippen LogP contribution in [0.15, 0.2) is 170 Å². The summed E-state index contributed by atoms with van der Waals surface area (Å²) in [5.74, 6) is -1.93. The van der Waals surface area contributed by atoms with E-state index in [0.29, 0.717) is 44.8 Å². The summed E-state index contributed by atoms with van der Waals surface area (Å²) >= 11 is 0. The minimum absolute atomic E-state index is 0.404. The molecule has 0 amide bonds. The van der Waals surface area contributed by atoms with Crippen molar-refractivity contribution in [3.8, 4) is 40.6 Å². The second-order valence-corrected chi connectivity index (χ2v) is 14.8. The first kappa shape index (κ1) is 35.4.